The molecule has 2 rings (SSSR count). The van der Waals surface area contributed by atoms with E-state index < -0.39 is 0 Å². The van der Waals surface area contributed by atoms with Crippen LogP contribution in [-0.2, 0) is 0 Å². The van der Waals surface area contributed by atoms with Crippen molar-refractivity contribution in [1.29, 1.82) is 0 Å². The van der Waals surface area contributed by atoms with Crippen molar-refractivity contribution in [1.82, 2.24) is 0 Å². The lowest BCUT2D eigenvalue weighted by molar-refractivity contribution is 0.138. The van der Waals surface area contributed by atoms with Crippen LogP contribution in [0, 0.1) is 22.7 Å². The Hall–Kier alpha value is 0. The van der Waals surface area contributed by atoms with E-state index in [1.807, 2.05) is 0 Å². The molecule has 0 N–H and O–H groups in total. The van der Waals surface area contributed by atoms with Crippen molar-refractivity contribution in [2.45, 2.75) is 79.1 Å². The minimum absolute atomic E-state index is 0.589. The van der Waals surface area contributed by atoms with Crippen LogP contribution in [0.25, 0.3) is 0 Å². The highest BCUT2D eigenvalue weighted by molar-refractivity contribution is 5.08. The Balaban J connectivity index is 1.51. The first-order valence-electron chi connectivity index (χ1n) is 7.47. The van der Waals surface area contributed by atoms with Gasteiger partial charge in [-0.1, -0.05) is 53.4 Å². The maximum Gasteiger partial charge on any atom is -0.0264 e. The molecule has 2 aliphatic rings. The Labute approximate surface area is 102 Å². The third-order valence-corrected chi connectivity index (χ3v) is 5.66. The molecule has 0 radical (unpaired) electrons. The van der Waals surface area contributed by atoms with Crippen molar-refractivity contribution in [2.24, 2.45) is 22.7 Å². The molecule has 2 saturated carbocycles. The Morgan fingerprint density at radius 3 is 2.25 bits per heavy atom. The molecule has 1 unspecified atom stereocenters. The van der Waals surface area contributed by atoms with Gasteiger partial charge in [0.05, 0.1) is 0 Å². The monoisotopic (exact) mass is 222 g/mol. The van der Waals surface area contributed by atoms with Crippen LogP contribution in [-0.4, -0.2) is 0 Å². The average molecular weight is 222 g/mol. The van der Waals surface area contributed by atoms with Crippen LogP contribution >= 0.6 is 0 Å². The highest BCUT2D eigenvalue weighted by atomic mass is 14.6. The third kappa shape index (κ3) is 2.63. The van der Waals surface area contributed by atoms with Crippen LogP contribution in [0.2, 0.25) is 0 Å². The summed E-state index contributed by atoms with van der Waals surface area (Å²) >= 11 is 0. The molecule has 0 saturated heterocycles. The molecule has 0 aromatic carbocycles. The van der Waals surface area contributed by atoms with Gasteiger partial charge in [0, 0.05) is 0 Å². The maximum absolute atomic E-state index is 2.44. The van der Waals surface area contributed by atoms with Crippen molar-refractivity contribution in [2.75, 3.05) is 0 Å². The first kappa shape index (κ1) is 12.5. The quantitative estimate of drug-likeness (QED) is 0.526. The van der Waals surface area contributed by atoms with Crippen molar-refractivity contribution in [3.8, 4) is 0 Å². The van der Waals surface area contributed by atoms with Crippen LogP contribution < -0.4 is 0 Å². The summed E-state index contributed by atoms with van der Waals surface area (Å²) in [5, 5.41) is 0. The fourth-order valence-electron chi connectivity index (χ4n) is 3.63. The minimum Gasteiger partial charge on any atom is -0.0649 e. The molecule has 0 amide bonds. The van der Waals surface area contributed by atoms with Gasteiger partial charge in [0.25, 0.3) is 0 Å². The average Bonchev–Trinajstić information content (AvgIpc) is 2.84. The van der Waals surface area contributed by atoms with Crippen LogP contribution in [0.1, 0.15) is 79.1 Å². The first-order valence-corrected chi connectivity index (χ1v) is 7.47. The van der Waals surface area contributed by atoms with Gasteiger partial charge < -0.3 is 0 Å². The lowest BCUT2D eigenvalue weighted by Crippen LogP contribution is -2.26. The zero-order chi connectivity index (χ0) is 11.8. The lowest BCUT2D eigenvalue weighted by atomic mass is 9.68. The Kier molecular flexibility index (Phi) is 3.39. The first-order chi connectivity index (χ1) is 7.47. The summed E-state index contributed by atoms with van der Waals surface area (Å²) in [4.78, 5) is 0. The Morgan fingerprint density at radius 2 is 1.75 bits per heavy atom. The molecule has 0 heteroatoms. The molecular formula is C16H30. The summed E-state index contributed by atoms with van der Waals surface area (Å²) in [7, 11) is 0. The van der Waals surface area contributed by atoms with Crippen molar-refractivity contribution in [3.05, 3.63) is 0 Å². The third-order valence-electron chi connectivity index (χ3n) is 5.66. The van der Waals surface area contributed by atoms with E-state index in [9.17, 15) is 0 Å². The van der Waals surface area contributed by atoms with Gasteiger partial charge in [0.1, 0.15) is 0 Å². The standard InChI is InChI=1S/C16H30/c1-5-15(3,4)9-7-6-8-14-11-16(12-14)10-13(16)2/h13-14H,5-12H2,1-4H3. The summed E-state index contributed by atoms with van der Waals surface area (Å²) in [6.07, 6.45) is 11.9. The molecular weight excluding hydrogens is 192 g/mol. The predicted molar refractivity (Wildman–Crippen MR) is 71.5 cm³/mol. The minimum atomic E-state index is 0.589. The second kappa shape index (κ2) is 4.35. The van der Waals surface area contributed by atoms with Gasteiger partial charge in [0.2, 0.25) is 0 Å². The molecule has 1 atom stereocenters. The SMILES string of the molecule is CCC(C)(C)CCCCC1CC2(C1)CC2C. The van der Waals surface area contributed by atoms with E-state index in [4.69, 9.17) is 0 Å². The van der Waals surface area contributed by atoms with Gasteiger partial charge in [0.15, 0.2) is 0 Å². The molecule has 0 heterocycles. The van der Waals surface area contributed by atoms with E-state index in [2.05, 4.69) is 27.7 Å². The van der Waals surface area contributed by atoms with E-state index in [1.165, 1.54) is 32.1 Å². The fraction of sp³-hybridized carbons (Fsp3) is 1.00. The highest BCUT2D eigenvalue weighted by Gasteiger charge is 2.58. The van der Waals surface area contributed by atoms with Crippen LogP contribution in [0.15, 0.2) is 0 Å². The highest BCUT2D eigenvalue weighted by Crippen LogP contribution is 2.68. The van der Waals surface area contributed by atoms with Gasteiger partial charge >= 0.3 is 0 Å². The molecule has 16 heavy (non-hydrogen) atoms. The van der Waals surface area contributed by atoms with E-state index in [1.54, 1.807) is 19.3 Å². The summed E-state index contributed by atoms with van der Waals surface area (Å²) in [5.41, 5.74) is 1.47. The largest absolute Gasteiger partial charge is 0.0649 e. The summed E-state index contributed by atoms with van der Waals surface area (Å²) < 4.78 is 0. The van der Waals surface area contributed by atoms with Crippen LogP contribution in [0.4, 0.5) is 0 Å². The van der Waals surface area contributed by atoms with Gasteiger partial charge in [-0.05, 0) is 48.3 Å². The van der Waals surface area contributed by atoms with Crippen molar-refractivity contribution >= 4 is 0 Å². The fourth-order valence-corrected chi connectivity index (χ4v) is 3.63. The second-order valence-corrected chi connectivity index (χ2v) is 7.51. The summed E-state index contributed by atoms with van der Waals surface area (Å²) in [5.74, 6) is 2.18. The Morgan fingerprint density at radius 1 is 1.12 bits per heavy atom. The van der Waals surface area contributed by atoms with Gasteiger partial charge in [-0.15, -0.1) is 0 Å². The summed E-state index contributed by atoms with van der Waals surface area (Å²) in [6, 6.07) is 0. The second-order valence-electron chi connectivity index (χ2n) is 7.51. The zero-order valence-corrected chi connectivity index (χ0v) is 11.8. The van der Waals surface area contributed by atoms with E-state index in [0.29, 0.717) is 5.41 Å². The van der Waals surface area contributed by atoms with Gasteiger partial charge in [-0.25, -0.2) is 0 Å². The predicted octanol–water partition coefficient (Wildman–Crippen LogP) is 5.42. The lowest BCUT2D eigenvalue weighted by Gasteiger charge is -2.37. The molecule has 0 aromatic rings. The molecule has 1 spiro atoms. The zero-order valence-electron chi connectivity index (χ0n) is 11.8. The Bertz CT molecular complexity index is 232. The maximum atomic E-state index is 2.44. The van der Waals surface area contributed by atoms with E-state index >= 15 is 0 Å². The van der Waals surface area contributed by atoms with Gasteiger partial charge in [-0.3, -0.25) is 0 Å². The topological polar surface area (TPSA) is 0 Å². The number of hydrogen-bond donors (Lipinski definition) is 0. The van der Waals surface area contributed by atoms with Crippen LogP contribution in [0.5, 0.6) is 0 Å². The molecule has 0 aromatic heterocycles. The van der Waals surface area contributed by atoms with Crippen LogP contribution in [0.3, 0.4) is 0 Å². The van der Waals surface area contributed by atoms with E-state index in [0.717, 1.165) is 17.3 Å². The molecule has 0 nitrogen and oxygen atoms in total. The van der Waals surface area contributed by atoms with Gasteiger partial charge in [-0.2, -0.15) is 0 Å². The summed E-state index contributed by atoms with van der Waals surface area (Å²) in [6.45, 7) is 9.60. The normalized spacial score (nSPS) is 37.5. The molecule has 0 bridgehead atoms. The molecule has 94 valence electrons. The smallest absolute Gasteiger partial charge is 0.0264 e. The molecule has 2 fully saturated rings. The molecule has 2 aliphatic carbocycles. The number of hydrogen-bond acceptors (Lipinski definition) is 0. The van der Waals surface area contributed by atoms with E-state index in [-0.39, 0.29) is 0 Å². The van der Waals surface area contributed by atoms with Crippen molar-refractivity contribution < 1.29 is 0 Å². The number of unbranched alkanes of at least 4 members (excludes halogenated alkanes) is 1. The number of rotatable bonds is 6. The molecule has 0 aliphatic heterocycles. The van der Waals surface area contributed by atoms with Crippen molar-refractivity contribution in [3.63, 3.8) is 0 Å².